The van der Waals surface area contributed by atoms with Gasteiger partial charge < -0.3 is 28.6 Å². The van der Waals surface area contributed by atoms with E-state index in [1.165, 1.54) is 13.8 Å². The molecule has 0 saturated carbocycles. The summed E-state index contributed by atoms with van der Waals surface area (Å²) >= 11 is 0. The van der Waals surface area contributed by atoms with Gasteiger partial charge in [0.2, 0.25) is 5.91 Å². The number of imidazole rings is 1. The molecule has 6 rings (SSSR count). The van der Waals surface area contributed by atoms with Crippen LogP contribution in [0.5, 0.6) is 0 Å². The summed E-state index contributed by atoms with van der Waals surface area (Å²) in [4.78, 5) is 48.1. The molecule has 2 fully saturated rings. The summed E-state index contributed by atoms with van der Waals surface area (Å²) in [5, 5.41) is 0. The smallest absolute Gasteiger partial charge is 0.303 e. The van der Waals surface area contributed by atoms with E-state index in [0.717, 1.165) is 29.3 Å². The van der Waals surface area contributed by atoms with Gasteiger partial charge in [-0.1, -0.05) is 60.7 Å². The molecule has 1 aromatic heterocycles. The molecule has 2 aliphatic rings. The van der Waals surface area contributed by atoms with Crippen molar-refractivity contribution >= 4 is 17.8 Å². The first-order chi connectivity index (χ1) is 25.2. The zero-order valence-electron chi connectivity index (χ0n) is 29.5. The van der Waals surface area contributed by atoms with Gasteiger partial charge in [0.05, 0.1) is 18.3 Å². The first-order valence-corrected chi connectivity index (χ1v) is 17.7. The number of hydrogen-bond donors (Lipinski definition) is 0. The Morgan fingerprint density at radius 3 is 2.38 bits per heavy atom. The monoisotopic (exact) mass is 714 g/mol. The molecule has 3 atom stereocenters. The van der Waals surface area contributed by atoms with Crippen molar-refractivity contribution in [1.82, 2.24) is 19.4 Å². The van der Waals surface area contributed by atoms with Crippen LogP contribution in [0.25, 0.3) is 11.3 Å². The highest BCUT2D eigenvalue weighted by atomic mass is 19.1. The summed E-state index contributed by atoms with van der Waals surface area (Å²) in [6, 6.07) is 21.9. The Morgan fingerprint density at radius 2 is 1.69 bits per heavy atom. The number of nitrogens with zero attached hydrogens (tertiary/aromatic N) is 4. The molecule has 2 saturated heterocycles. The fourth-order valence-electron chi connectivity index (χ4n) is 7.13. The summed E-state index contributed by atoms with van der Waals surface area (Å²) in [6.07, 6.45) is 1.96. The molecule has 3 heterocycles. The van der Waals surface area contributed by atoms with Crippen LogP contribution in [0.2, 0.25) is 0 Å². The van der Waals surface area contributed by atoms with Crippen molar-refractivity contribution in [2.75, 3.05) is 33.0 Å². The molecule has 12 heteroatoms. The van der Waals surface area contributed by atoms with E-state index in [1.807, 2.05) is 65.2 Å². The summed E-state index contributed by atoms with van der Waals surface area (Å²) in [5.74, 6) is -2.29. The number of ether oxygens (including phenoxy) is 3. The van der Waals surface area contributed by atoms with Crippen LogP contribution in [0.1, 0.15) is 56.1 Å². The minimum Gasteiger partial charge on any atom is -0.453 e. The van der Waals surface area contributed by atoms with Crippen molar-refractivity contribution in [3.8, 4) is 11.3 Å². The van der Waals surface area contributed by atoms with E-state index in [4.69, 9.17) is 19.2 Å². The first-order valence-electron chi connectivity index (χ1n) is 17.7. The van der Waals surface area contributed by atoms with Gasteiger partial charge in [-0.3, -0.25) is 14.4 Å². The number of halogens is 2. The molecule has 10 nitrogen and oxygen atoms in total. The molecule has 2 amide bonds. The topological polar surface area (TPSA) is 103 Å². The molecular weight excluding hydrogens is 670 g/mol. The Balaban J connectivity index is 1.37. The average molecular weight is 715 g/mol. The van der Waals surface area contributed by atoms with Crippen LogP contribution >= 0.6 is 0 Å². The third-order valence-electron chi connectivity index (χ3n) is 9.60. The number of benzene rings is 3. The Kier molecular flexibility index (Phi) is 12.1. The fraction of sp³-hybridized carbons (Fsp3) is 0.400. The lowest BCUT2D eigenvalue weighted by molar-refractivity contribution is -0.160. The highest BCUT2D eigenvalue weighted by Crippen LogP contribution is 2.39. The lowest BCUT2D eigenvalue weighted by atomic mass is 9.88. The predicted molar refractivity (Wildman–Crippen MR) is 188 cm³/mol. The molecule has 274 valence electrons. The maximum Gasteiger partial charge on any atom is 0.303 e. The standard InChI is InChI=1S/C40H44F2N4O6/c1-27(52-28(2)47)40(49)46(23-31-19-37(48)45(22-31)26-51-25-30-11-7-4-8-12-30)38(32-15-17-50-18-16-32)39-43-36(34-20-33(41)13-14-35(34)42)24-44(39)21-29-9-5-3-6-10-29/h3-14,20,24,27,31-32,38H,15-19,21-23,25-26H2,1-2H3/t27-,31?,38+/m0/s1. The molecule has 2 aliphatic heterocycles. The molecule has 4 aromatic rings. The van der Waals surface area contributed by atoms with Gasteiger partial charge >= 0.3 is 5.97 Å². The van der Waals surface area contributed by atoms with Crippen molar-refractivity contribution in [2.24, 2.45) is 11.8 Å². The van der Waals surface area contributed by atoms with Crippen LogP contribution in [0.15, 0.2) is 85.1 Å². The molecular formula is C40H44F2N4O6. The van der Waals surface area contributed by atoms with E-state index in [2.05, 4.69) is 0 Å². The molecule has 0 aliphatic carbocycles. The highest BCUT2D eigenvalue weighted by molar-refractivity contribution is 5.84. The summed E-state index contributed by atoms with van der Waals surface area (Å²) in [7, 11) is 0. The van der Waals surface area contributed by atoms with Gasteiger partial charge in [-0.05, 0) is 55.0 Å². The molecule has 3 aromatic carbocycles. The van der Waals surface area contributed by atoms with E-state index in [0.29, 0.717) is 51.6 Å². The lowest BCUT2D eigenvalue weighted by Gasteiger charge is -2.40. The minimum atomic E-state index is -1.13. The van der Waals surface area contributed by atoms with E-state index >= 15 is 4.39 Å². The largest absolute Gasteiger partial charge is 0.453 e. The number of aromatic nitrogens is 2. The Labute approximate surface area is 302 Å². The second-order valence-electron chi connectivity index (χ2n) is 13.5. The van der Waals surface area contributed by atoms with Crippen molar-refractivity contribution in [3.63, 3.8) is 0 Å². The van der Waals surface area contributed by atoms with Gasteiger partial charge in [-0.2, -0.15) is 0 Å². The molecule has 0 radical (unpaired) electrons. The SMILES string of the molecule is CC(=O)O[C@@H](C)C(=O)N(CC1CC(=O)N(COCc2ccccc2)C1)[C@@H](c1nc(-c2cc(F)ccc2F)cn1Cc1ccccc1)C1CCOCC1. The van der Waals surface area contributed by atoms with Gasteiger partial charge in [-0.15, -0.1) is 0 Å². The van der Waals surface area contributed by atoms with Crippen LogP contribution in [0.3, 0.4) is 0 Å². The number of rotatable bonds is 14. The summed E-state index contributed by atoms with van der Waals surface area (Å²) in [6.45, 7) is 5.02. The second-order valence-corrected chi connectivity index (χ2v) is 13.5. The van der Waals surface area contributed by atoms with Gasteiger partial charge in [-0.25, -0.2) is 13.8 Å². The van der Waals surface area contributed by atoms with Crippen LogP contribution in [0.4, 0.5) is 8.78 Å². The number of carbonyl (C=O) groups is 3. The zero-order chi connectivity index (χ0) is 36.6. The number of carbonyl (C=O) groups excluding carboxylic acids is 3. The average Bonchev–Trinajstić information content (AvgIpc) is 3.71. The normalized spacial score (nSPS) is 17.6. The highest BCUT2D eigenvalue weighted by Gasteiger charge is 2.42. The molecule has 52 heavy (non-hydrogen) atoms. The van der Waals surface area contributed by atoms with Crippen LogP contribution < -0.4 is 0 Å². The zero-order valence-corrected chi connectivity index (χ0v) is 29.5. The first kappa shape index (κ1) is 36.8. The van der Waals surface area contributed by atoms with E-state index in [1.54, 1.807) is 16.0 Å². The third-order valence-corrected chi connectivity index (χ3v) is 9.60. The van der Waals surface area contributed by atoms with Gasteiger partial charge in [0.1, 0.15) is 24.2 Å². The lowest BCUT2D eigenvalue weighted by Crippen LogP contribution is -2.48. The van der Waals surface area contributed by atoms with E-state index in [-0.39, 0.29) is 48.7 Å². The van der Waals surface area contributed by atoms with E-state index < -0.39 is 35.7 Å². The summed E-state index contributed by atoms with van der Waals surface area (Å²) in [5.41, 5.74) is 2.15. The fourth-order valence-corrected chi connectivity index (χ4v) is 7.13. The van der Waals surface area contributed by atoms with Gasteiger partial charge in [0, 0.05) is 63.9 Å². The van der Waals surface area contributed by atoms with Crippen molar-refractivity contribution < 1.29 is 37.4 Å². The number of hydrogen-bond acceptors (Lipinski definition) is 7. The number of esters is 1. The molecule has 0 spiro atoms. The Morgan fingerprint density at radius 1 is 1.00 bits per heavy atom. The number of likely N-dealkylation sites (tertiary alicyclic amines) is 1. The third kappa shape index (κ3) is 9.10. The predicted octanol–water partition coefficient (Wildman–Crippen LogP) is 6.15. The van der Waals surface area contributed by atoms with Gasteiger partial charge in [0.25, 0.3) is 5.91 Å². The van der Waals surface area contributed by atoms with Crippen LogP contribution in [0, 0.1) is 23.5 Å². The van der Waals surface area contributed by atoms with E-state index in [9.17, 15) is 18.8 Å². The second kappa shape index (κ2) is 17.1. The van der Waals surface area contributed by atoms with Gasteiger partial charge in [0.15, 0.2) is 6.10 Å². The Bertz CT molecular complexity index is 1830. The molecule has 1 unspecified atom stereocenters. The quantitative estimate of drug-likeness (QED) is 0.145. The maximum atomic E-state index is 15.2. The minimum absolute atomic E-state index is 0.00233. The molecule has 0 bridgehead atoms. The Hall–Kier alpha value is -4.94. The van der Waals surface area contributed by atoms with Crippen molar-refractivity contribution in [2.45, 2.75) is 58.4 Å². The molecule has 0 N–H and O–H groups in total. The maximum absolute atomic E-state index is 15.2. The number of amides is 2. The van der Waals surface area contributed by atoms with Crippen LogP contribution in [-0.2, 0) is 41.7 Å². The van der Waals surface area contributed by atoms with Crippen molar-refractivity contribution in [1.29, 1.82) is 0 Å². The summed E-state index contributed by atoms with van der Waals surface area (Å²) < 4.78 is 48.6. The van der Waals surface area contributed by atoms with Crippen molar-refractivity contribution in [3.05, 3.63) is 114 Å². The van der Waals surface area contributed by atoms with Crippen LogP contribution in [-0.4, -0.2) is 76.3 Å².